The minimum absolute atomic E-state index is 0.132. The van der Waals surface area contributed by atoms with E-state index in [1.807, 2.05) is 12.1 Å². The summed E-state index contributed by atoms with van der Waals surface area (Å²) < 4.78 is 21.3. The van der Waals surface area contributed by atoms with Crippen LogP contribution in [0.4, 0.5) is 0 Å². The molecular weight excluding hydrogens is 196 g/mol. The summed E-state index contributed by atoms with van der Waals surface area (Å²) in [7, 11) is 0. The Morgan fingerprint density at radius 2 is 2.40 bits per heavy atom. The molecule has 0 saturated carbocycles. The van der Waals surface area contributed by atoms with E-state index in [0.29, 0.717) is 19.3 Å². The van der Waals surface area contributed by atoms with E-state index in [9.17, 15) is 0 Å². The quantitative estimate of drug-likeness (QED) is 0.657. The van der Waals surface area contributed by atoms with Gasteiger partial charge in [0.1, 0.15) is 17.5 Å². The van der Waals surface area contributed by atoms with Crippen molar-refractivity contribution in [3.8, 4) is 0 Å². The third kappa shape index (κ3) is 2.40. The number of hydrogen-bond acceptors (Lipinski definition) is 4. The van der Waals surface area contributed by atoms with Crippen LogP contribution in [0.5, 0.6) is 0 Å². The van der Waals surface area contributed by atoms with E-state index >= 15 is 0 Å². The van der Waals surface area contributed by atoms with Gasteiger partial charge in [-0.25, -0.2) is 0 Å². The molecule has 4 nitrogen and oxygen atoms in total. The van der Waals surface area contributed by atoms with Gasteiger partial charge in [0.05, 0.1) is 32.7 Å². The highest BCUT2D eigenvalue weighted by molar-refractivity contribution is 5.07. The van der Waals surface area contributed by atoms with Crippen LogP contribution in [0.15, 0.2) is 22.8 Å². The van der Waals surface area contributed by atoms with Crippen LogP contribution in [-0.4, -0.2) is 38.1 Å². The summed E-state index contributed by atoms with van der Waals surface area (Å²) in [6.45, 7) is 2.92. The first-order valence-corrected chi connectivity index (χ1v) is 5.22. The van der Waals surface area contributed by atoms with Gasteiger partial charge in [0.15, 0.2) is 0 Å². The molecule has 2 atom stereocenters. The molecule has 0 bridgehead atoms. The summed E-state index contributed by atoms with van der Waals surface area (Å²) in [4.78, 5) is 0. The number of epoxide rings is 2. The van der Waals surface area contributed by atoms with Crippen molar-refractivity contribution in [1.82, 2.24) is 0 Å². The van der Waals surface area contributed by atoms with Crippen LogP contribution < -0.4 is 0 Å². The van der Waals surface area contributed by atoms with Crippen molar-refractivity contribution >= 4 is 0 Å². The highest BCUT2D eigenvalue weighted by atomic mass is 16.6. The molecule has 4 heteroatoms. The van der Waals surface area contributed by atoms with Gasteiger partial charge in [-0.1, -0.05) is 0 Å². The highest BCUT2D eigenvalue weighted by Crippen LogP contribution is 2.32. The second-order valence-electron chi connectivity index (χ2n) is 4.20. The Morgan fingerprint density at radius 3 is 3.00 bits per heavy atom. The highest BCUT2D eigenvalue weighted by Gasteiger charge is 2.46. The molecule has 0 amide bonds. The SMILES string of the molecule is c1coc(CC2(COCC3CO3)CO2)c1. The lowest BCUT2D eigenvalue weighted by atomic mass is 10.1. The van der Waals surface area contributed by atoms with Crippen molar-refractivity contribution in [3.63, 3.8) is 0 Å². The zero-order chi connectivity index (χ0) is 10.1. The molecule has 0 aliphatic carbocycles. The molecule has 3 rings (SSSR count). The fourth-order valence-electron chi connectivity index (χ4n) is 1.61. The maximum absolute atomic E-state index is 5.54. The first-order valence-electron chi connectivity index (χ1n) is 5.22. The van der Waals surface area contributed by atoms with E-state index in [1.54, 1.807) is 6.26 Å². The lowest BCUT2D eigenvalue weighted by Crippen LogP contribution is -2.23. The van der Waals surface area contributed by atoms with Crippen LogP contribution in [0.25, 0.3) is 0 Å². The van der Waals surface area contributed by atoms with Crippen molar-refractivity contribution in [2.75, 3.05) is 26.4 Å². The Morgan fingerprint density at radius 1 is 1.53 bits per heavy atom. The van der Waals surface area contributed by atoms with Gasteiger partial charge in [-0.2, -0.15) is 0 Å². The van der Waals surface area contributed by atoms with Gasteiger partial charge >= 0.3 is 0 Å². The van der Waals surface area contributed by atoms with Crippen molar-refractivity contribution < 1.29 is 18.6 Å². The van der Waals surface area contributed by atoms with Crippen LogP contribution in [-0.2, 0) is 20.6 Å². The zero-order valence-corrected chi connectivity index (χ0v) is 8.48. The molecule has 2 fully saturated rings. The molecule has 0 spiro atoms. The summed E-state index contributed by atoms with van der Waals surface area (Å²) in [6.07, 6.45) is 2.81. The third-order valence-corrected chi connectivity index (χ3v) is 2.70. The summed E-state index contributed by atoms with van der Waals surface area (Å²) >= 11 is 0. The van der Waals surface area contributed by atoms with Gasteiger partial charge in [0.2, 0.25) is 0 Å². The zero-order valence-electron chi connectivity index (χ0n) is 8.48. The van der Waals surface area contributed by atoms with Crippen LogP contribution in [0.1, 0.15) is 5.76 Å². The van der Waals surface area contributed by atoms with Gasteiger partial charge in [-0.05, 0) is 12.1 Å². The Kier molecular flexibility index (Phi) is 2.27. The minimum Gasteiger partial charge on any atom is -0.469 e. The van der Waals surface area contributed by atoms with Crippen molar-refractivity contribution in [2.24, 2.45) is 0 Å². The number of hydrogen-bond donors (Lipinski definition) is 0. The first kappa shape index (κ1) is 9.39. The van der Waals surface area contributed by atoms with Crippen LogP contribution in [0.3, 0.4) is 0 Å². The lowest BCUT2D eigenvalue weighted by molar-refractivity contribution is 0.0661. The number of furan rings is 1. The average molecular weight is 210 g/mol. The molecule has 2 unspecified atom stereocenters. The largest absolute Gasteiger partial charge is 0.469 e. The monoisotopic (exact) mass is 210 g/mol. The topological polar surface area (TPSA) is 47.4 Å². The Bertz CT molecular complexity index is 311. The normalized spacial score (nSPS) is 32.9. The van der Waals surface area contributed by atoms with E-state index in [0.717, 1.165) is 25.4 Å². The van der Waals surface area contributed by atoms with Gasteiger partial charge in [-0.15, -0.1) is 0 Å². The third-order valence-electron chi connectivity index (χ3n) is 2.70. The fourth-order valence-corrected chi connectivity index (χ4v) is 1.61. The predicted molar refractivity (Wildman–Crippen MR) is 51.7 cm³/mol. The second kappa shape index (κ2) is 3.63. The maximum Gasteiger partial charge on any atom is 0.122 e. The van der Waals surface area contributed by atoms with E-state index in [2.05, 4.69) is 0 Å². The van der Waals surface area contributed by atoms with Crippen LogP contribution in [0.2, 0.25) is 0 Å². The van der Waals surface area contributed by atoms with Crippen molar-refractivity contribution in [1.29, 1.82) is 0 Å². The molecule has 0 N–H and O–H groups in total. The minimum atomic E-state index is -0.132. The van der Waals surface area contributed by atoms with E-state index in [1.165, 1.54) is 0 Å². The van der Waals surface area contributed by atoms with Gasteiger partial charge in [0.25, 0.3) is 0 Å². The number of rotatable bonds is 6. The molecule has 2 saturated heterocycles. The van der Waals surface area contributed by atoms with Crippen molar-refractivity contribution in [3.05, 3.63) is 24.2 Å². The Balaban J connectivity index is 1.46. The number of ether oxygens (including phenoxy) is 3. The summed E-state index contributed by atoms with van der Waals surface area (Å²) in [5, 5.41) is 0. The van der Waals surface area contributed by atoms with Crippen LogP contribution >= 0.6 is 0 Å². The van der Waals surface area contributed by atoms with Gasteiger partial charge < -0.3 is 18.6 Å². The van der Waals surface area contributed by atoms with E-state index < -0.39 is 0 Å². The maximum atomic E-state index is 5.54. The average Bonchev–Trinajstić information content (AvgIpc) is 3.12. The molecule has 1 aromatic heterocycles. The standard InChI is InChI=1S/C11H14O4/c1-2-9(13-3-1)4-11(8-15-11)7-12-5-10-6-14-10/h1-3,10H,4-8H2. The van der Waals surface area contributed by atoms with E-state index in [4.69, 9.17) is 18.6 Å². The van der Waals surface area contributed by atoms with Crippen molar-refractivity contribution in [2.45, 2.75) is 18.1 Å². The molecule has 1 aromatic rings. The van der Waals surface area contributed by atoms with E-state index in [-0.39, 0.29) is 5.60 Å². The molecule has 82 valence electrons. The Hall–Kier alpha value is -0.840. The molecule has 0 radical (unpaired) electrons. The summed E-state index contributed by atoms with van der Waals surface area (Å²) in [5.41, 5.74) is -0.132. The molecule has 2 aliphatic heterocycles. The second-order valence-corrected chi connectivity index (χ2v) is 4.20. The van der Waals surface area contributed by atoms with Crippen LogP contribution in [0, 0.1) is 0 Å². The predicted octanol–water partition coefficient (Wildman–Crippen LogP) is 1.01. The molecular formula is C11H14O4. The molecule has 15 heavy (non-hydrogen) atoms. The fraction of sp³-hybridized carbons (Fsp3) is 0.636. The molecule has 2 aliphatic rings. The smallest absolute Gasteiger partial charge is 0.122 e. The molecule has 0 aromatic carbocycles. The molecule has 3 heterocycles. The van der Waals surface area contributed by atoms with Gasteiger partial charge in [0, 0.05) is 6.42 Å². The lowest BCUT2D eigenvalue weighted by Gasteiger charge is -2.09. The first-order chi connectivity index (χ1) is 7.36. The summed E-state index contributed by atoms with van der Waals surface area (Å²) in [6, 6.07) is 3.86. The summed E-state index contributed by atoms with van der Waals surface area (Å²) in [5.74, 6) is 0.957. The van der Waals surface area contributed by atoms with Gasteiger partial charge in [-0.3, -0.25) is 0 Å². The Labute approximate surface area is 88.1 Å².